The zero-order valence-corrected chi connectivity index (χ0v) is 18.6. The molecule has 2 aromatic carbocycles. The predicted octanol–water partition coefficient (Wildman–Crippen LogP) is 2.70. The molecular formula is C23H29N3O4S. The van der Waals surface area contributed by atoms with Crippen LogP contribution in [0.5, 0.6) is 0 Å². The van der Waals surface area contributed by atoms with Gasteiger partial charge in [-0.05, 0) is 56.1 Å². The number of thioether (sulfide) groups is 1. The van der Waals surface area contributed by atoms with Crippen LogP contribution in [0.25, 0.3) is 0 Å². The number of ether oxygens (including phenoxy) is 1. The molecule has 8 heteroatoms. The Labute approximate surface area is 186 Å². The largest absolute Gasteiger partial charge is 0.380 e. The Morgan fingerprint density at radius 3 is 2.58 bits per heavy atom. The number of benzene rings is 1. The molecule has 1 saturated heterocycles. The number of hydrogen-bond donors (Lipinski definition) is 2. The number of rotatable bonds is 7. The number of amides is 1. The number of anilines is 3. The molecule has 0 unspecified atom stereocenters. The summed E-state index contributed by atoms with van der Waals surface area (Å²) in [5.41, 5.74) is 1.02. The molecule has 166 valence electrons. The van der Waals surface area contributed by atoms with Crippen LogP contribution >= 0.6 is 11.8 Å². The topological polar surface area (TPSA) is 87.7 Å². The van der Waals surface area contributed by atoms with Crippen molar-refractivity contribution in [2.45, 2.75) is 30.6 Å². The van der Waals surface area contributed by atoms with Crippen LogP contribution in [0.15, 0.2) is 38.8 Å². The minimum Gasteiger partial charge on any atom is -0.380 e. The van der Waals surface area contributed by atoms with Gasteiger partial charge in [-0.2, -0.15) is 0 Å². The highest BCUT2D eigenvalue weighted by Crippen LogP contribution is 2.31. The molecule has 7 nitrogen and oxygen atoms in total. The van der Waals surface area contributed by atoms with Crippen molar-refractivity contribution in [3.63, 3.8) is 0 Å². The maximum atomic E-state index is 12.7. The Morgan fingerprint density at radius 2 is 1.87 bits per heavy atom. The Hall–Kier alpha value is -2.32. The van der Waals surface area contributed by atoms with E-state index < -0.39 is 10.9 Å². The Balaban J connectivity index is 1.26. The van der Waals surface area contributed by atoms with E-state index in [4.69, 9.17) is 4.74 Å². The first kappa shape index (κ1) is 21.9. The third-order valence-corrected chi connectivity index (χ3v) is 7.06. The van der Waals surface area contributed by atoms with E-state index in [1.807, 2.05) is 35.4 Å². The number of carbonyl (C=O) groups is 1. The summed E-state index contributed by atoms with van der Waals surface area (Å²) >= 11 is 1.65. The van der Waals surface area contributed by atoms with Gasteiger partial charge in [-0.3, -0.25) is 14.4 Å². The van der Waals surface area contributed by atoms with Crippen molar-refractivity contribution in [2.24, 2.45) is 11.8 Å². The molecule has 0 radical (unpaired) electrons. The van der Waals surface area contributed by atoms with E-state index in [9.17, 15) is 14.4 Å². The van der Waals surface area contributed by atoms with Crippen LogP contribution in [-0.2, 0) is 9.53 Å². The van der Waals surface area contributed by atoms with E-state index in [0.29, 0.717) is 50.1 Å². The average molecular weight is 444 g/mol. The molecule has 2 aliphatic rings. The monoisotopic (exact) mass is 443 g/mol. The second-order valence-electron chi connectivity index (χ2n) is 8.30. The summed E-state index contributed by atoms with van der Waals surface area (Å²) in [5.74, 6) is 0.497. The Kier molecular flexibility index (Phi) is 6.97. The van der Waals surface area contributed by atoms with Crippen LogP contribution in [0.1, 0.15) is 25.7 Å². The average Bonchev–Trinajstić information content (AvgIpc) is 2.82. The van der Waals surface area contributed by atoms with Gasteiger partial charge in [-0.25, -0.2) is 0 Å². The van der Waals surface area contributed by atoms with E-state index in [0.717, 1.165) is 36.3 Å². The Bertz CT molecular complexity index is 987. The molecule has 2 fully saturated rings. The van der Waals surface area contributed by atoms with Gasteiger partial charge in [0.2, 0.25) is 5.91 Å². The van der Waals surface area contributed by atoms with Gasteiger partial charge in [-0.15, -0.1) is 11.8 Å². The summed E-state index contributed by atoms with van der Waals surface area (Å²) in [6, 6.07) is 7.90. The van der Waals surface area contributed by atoms with Crippen LogP contribution in [0.2, 0.25) is 0 Å². The molecule has 1 aliphatic carbocycles. The first-order chi connectivity index (χ1) is 15.1. The molecule has 0 bridgehead atoms. The summed E-state index contributed by atoms with van der Waals surface area (Å²) in [6.07, 6.45) is 5.55. The van der Waals surface area contributed by atoms with Crippen LogP contribution in [0.3, 0.4) is 0 Å². The van der Waals surface area contributed by atoms with E-state index in [2.05, 4.69) is 10.6 Å². The summed E-state index contributed by atoms with van der Waals surface area (Å²) in [7, 11) is 0. The minimum atomic E-state index is -0.415. The van der Waals surface area contributed by atoms with Crippen LogP contribution in [0.4, 0.5) is 17.1 Å². The van der Waals surface area contributed by atoms with Gasteiger partial charge < -0.3 is 20.3 Å². The van der Waals surface area contributed by atoms with Crippen molar-refractivity contribution in [3.8, 4) is 0 Å². The zero-order valence-electron chi connectivity index (χ0n) is 17.8. The molecule has 31 heavy (non-hydrogen) atoms. The van der Waals surface area contributed by atoms with Crippen molar-refractivity contribution in [1.29, 1.82) is 0 Å². The predicted molar refractivity (Wildman–Crippen MR) is 125 cm³/mol. The van der Waals surface area contributed by atoms with Gasteiger partial charge in [0, 0.05) is 36.1 Å². The van der Waals surface area contributed by atoms with Crippen LogP contribution in [-0.4, -0.2) is 45.0 Å². The number of nitrogens with zero attached hydrogens (tertiary/aromatic N) is 1. The fraction of sp³-hybridized carbons (Fsp3) is 0.522. The lowest BCUT2D eigenvalue weighted by Crippen LogP contribution is -2.47. The molecular weight excluding hydrogens is 414 g/mol. The van der Waals surface area contributed by atoms with Gasteiger partial charge in [0.25, 0.3) is 10.9 Å². The maximum Gasteiger partial charge on any atom is 0.253 e. The van der Waals surface area contributed by atoms with Crippen molar-refractivity contribution >= 4 is 34.7 Å². The summed E-state index contributed by atoms with van der Waals surface area (Å²) in [4.78, 5) is 39.8. The fourth-order valence-electron chi connectivity index (χ4n) is 4.45. The highest BCUT2D eigenvalue weighted by molar-refractivity contribution is 7.98. The molecule has 1 heterocycles. The maximum absolute atomic E-state index is 12.7. The van der Waals surface area contributed by atoms with Crippen LogP contribution < -0.4 is 26.4 Å². The molecule has 1 amide bonds. The molecule has 2 N–H and O–H groups in total. The molecule has 0 spiro atoms. The standard InChI is InChI=1S/C23H29N3O4S/c1-31-18-4-2-3-17(13-18)25-23(29)16-7-5-15(6-8-16)14-24-19-20(22(28)21(19)27)26-9-11-30-12-10-26/h2-4,13,15-16,24H,5-12,14H2,1H3,(H,25,29). The second-order valence-corrected chi connectivity index (χ2v) is 9.18. The molecule has 4 rings (SSSR count). The van der Waals surface area contributed by atoms with E-state index >= 15 is 0 Å². The van der Waals surface area contributed by atoms with Crippen molar-refractivity contribution in [3.05, 3.63) is 44.7 Å². The number of carbonyl (C=O) groups excluding carboxylic acids is 1. The van der Waals surface area contributed by atoms with Gasteiger partial charge >= 0.3 is 0 Å². The smallest absolute Gasteiger partial charge is 0.253 e. The van der Waals surface area contributed by atoms with Gasteiger partial charge in [0.1, 0.15) is 11.4 Å². The van der Waals surface area contributed by atoms with E-state index in [1.165, 1.54) is 0 Å². The lowest BCUT2D eigenvalue weighted by molar-refractivity contribution is -0.121. The van der Waals surface area contributed by atoms with Gasteiger partial charge in [-0.1, -0.05) is 6.07 Å². The van der Waals surface area contributed by atoms with E-state index in [-0.39, 0.29) is 11.8 Å². The molecule has 1 aliphatic heterocycles. The highest BCUT2D eigenvalue weighted by Gasteiger charge is 2.29. The molecule has 0 aromatic heterocycles. The summed E-state index contributed by atoms with van der Waals surface area (Å²) in [6.45, 7) is 3.09. The second kappa shape index (κ2) is 9.87. The lowest BCUT2D eigenvalue weighted by atomic mass is 9.81. The first-order valence-electron chi connectivity index (χ1n) is 10.9. The van der Waals surface area contributed by atoms with Gasteiger partial charge in [0.05, 0.1) is 13.2 Å². The first-order valence-corrected chi connectivity index (χ1v) is 12.1. The Morgan fingerprint density at radius 1 is 1.13 bits per heavy atom. The fourth-order valence-corrected chi connectivity index (χ4v) is 4.91. The highest BCUT2D eigenvalue weighted by atomic mass is 32.2. The van der Waals surface area contributed by atoms with Crippen molar-refractivity contribution in [2.75, 3.05) is 54.6 Å². The van der Waals surface area contributed by atoms with Crippen LogP contribution in [0, 0.1) is 11.8 Å². The molecule has 2 aromatic rings. The minimum absolute atomic E-state index is 0.0178. The number of hydrogen-bond acceptors (Lipinski definition) is 7. The molecule has 1 saturated carbocycles. The normalized spacial score (nSPS) is 21.8. The zero-order chi connectivity index (χ0) is 21.8. The molecule has 0 atom stereocenters. The third kappa shape index (κ3) is 4.96. The third-order valence-electron chi connectivity index (χ3n) is 6.33. The lowest BCUT2D eigenvalue weighted by Gasteiger charge is -2.32. The quantitative estimate of drug-likeness (QED) is 0.502. The van der Waals surface area contributed by atoms with Crippen molar-refractivity contribution in [1.82, 2.24) is 0 Å². The number of morpholine rings is 1. The van der Waals surface area contributed by atoms with Gasteiger partial charge in [0.15, 0.2) is 0 Å². The SMILES string of the molecule is CSc1cccc(NC(=O)C2CCC(CNc3c(N4CCOCC4)c(=O)c3=O)CC2)c1. The summed E-state index contributed by atoms with van der Waals surface area (Å²) in [5, 5.41) is 6.29. The van der Waals surface area contributed by atoms with Crippen molar-refractivity contribution < 1.29 is 9.53 Å². The number of nitrogens with one attached hydrogen (secondary N) is 2. The van der Waals surface area contributed by atoms with E-state index in [1.54, 1.807) is 11.8 Å². The summed E-state index contributed by atoms with van der Waals surface area (Å²) < 4.78 is 5.33.